The van der Waals surface area contributed by atoms with Gasteiger partial charge in [-0.15, -0.1) is 0 Å². The Balaban J connectivity index is 2.18. The summed E-state index contributed by atoms with van der Waals surface area (Å²) < 4.78 is 35.7. The maximum absolute atomic E-state index is 13.7. The highest BCUT2D eigenvalue weighted by Crippen LogP contribution is 2.39. The average Bonchev–Trinajstić information content (AvgIpc) is 3.02. The van der Waals surface area contributed by atoms with Crippen molar-refractivity contribution in [2.75, 3.05) is 39.8 Å². The number of sulfone groups is 1. The summed E-state index contributed by atoms with van der Waals surface area (Å²) in [5.41, 5.74) is 6.37. The zero-order chi connectivity index (χ0) is 26.1. The van der Waals surface area contributed by atoms with Crippen LogP contribution in [-0.2, 0) is 14.6 Å². The number of amides is 3. The van der Waals surface area contributed by atoms with Crippen molar-refractivity contribution in [2.24, 2.45) is 5.73 Å². The van der Waals surface area contributed by atoms with Gasteiger partial charge in [0.15, 0.2) is 11.5 Å². The van der Waals surface area contributed by atoms with Gasteiger partial charge in [0, 0.05) is 6.26 Å². The molecule has 2 N–H and O–H groups in total. The molecule has 0 saturated heterocycles. The Bertz CT molecular complexity index is 1270. The van der Waals surface area contributed by atoms with Gasteiger partial charge in [-0.2, -0.15) is 0 Å². The normalized spacial score (nSPS) is 15.2. The number of fused-ring (bicyclic) bond motifs is 1. The summed E-state index contributed by atoms with van der Waals surface area (Å²) in [6.45, 7) is 2.11. The number of ether oxygens (including phenoxy) is 2. The van der Waals surface area contributed by atoms with Crippen LogP contribution in [0.5, 0.6) is 11.5 Å². The second kappa shape index (κ2) is 10.0. The quantitative estimate of drug-likeness (QED) is 0.483. The van der Waals surface area contributed by atoms with Gasteiger partial charge >= 0.3 is 0 Å². The van der Waals surface area contributed by atoms with E-state index in [0.717, 1.165) is 11.2 Å². The fourth-order valence-corrected chi connectivity index (χ4v) is 5.22. The average molecular weight is 504 g/mol. The molecule has 0 saturated carbocycles. The largest absolute Gasteiger partial charge is 0.493 e. The fraction of sp³-hybridized carbons (Fsp3) is 0.375. The molecular formula is C24H29N3O7S. The van der Waals surface area contributed by atoms with Crippen molar-refractivity contribution in [3.05, 3.63) is 58.7 Å². The van der Waals surface area contributed by atoms with Crippen LogP contribution in [0.2, 0.25) is 0 Å². The van der Waals surface area contributed by atoms with E-state index in [1.165, 1.54) is 13.2 Å². The highest BCUT2D eigenvalue weighted by atomic mass is 32.2. The summed E-state index contributed by atoms with van der Waals surface area (Å²) in [6.07, 6.45) is 1.03. The Labute approximate surface area is 204 Å². The zero-order valence-corrected chi connectivity index (χ0v) is 21.1. The predicted octanol–water partition coefficient (Wildman–Crippen LogP) is 1.56. The van der Waals surface area contributed by atoms with Gasteiger partial charge in [-0.3, -0.25) is 24.2 Å². The van der Waals surface area contributed by atoms with Gasteiger partial charge in [0.25, 0.3) is 11.8 Å². The summed E-state index contributed by atoms with van der Waals surface area (Å²) in [4.78, 5) is 41.8. The van der Waals surface area contributed by atoms with Crippen molar-refractivity contribution in [3.63, 3.8) is 0 Å². The van der Waals surface area contributed by atoms with E-state index in [-0.39, 0.29) is 16.7 Å². The number of rotatable bonds is 10. The molecule has 0 fully saturated rings. The Morgan fingerprint density at radius 1 is 1.11 bits per heavy atom. The summed E-state index contributed by atoms with van der Waals surface area (Å²) in [5.74, 6) is -1.77. The van der Waals surface area contributed by atoms with Crippen LogP contribution < -0.4 is 15.2 Å². The van der Waals surface area contributed by atoms with Crippen molar-refractivity contribution >= 4 is 27.6 Å². The number of likely N-dealkylation sites (N-methyl/N-ethyl adjacent to an activating group) is 1. The lowest BCUT2D eigenvalue weighted by Gasteiger charge is -2.27. The standard InChI is InChI=1S/C24H29N3O7S/c1-6-34-19-12-14(10-11-18(19)33-4)17(13-35(5,31)32)27-23(29)16-9-7-8-15(20(16)24(27)30)21(22(25)28)26(2)3/h7-12,17,21H,6,13H2,1-5H3,(H2,25,28)/t17-,21?/m1/s1. The van der Waals surface area contributed by atoms with E-state index in [4.69, 9.17) is 15.2 Å². The van der Waals surface area contributed by atoms with E-state index in [1.54, 1.807) is 56.3 Å². The second-order valence-corrected chi connectivity index (χ2v) is 10.7. The first-order valence-electron chi connectivity index (χ1n) is 10.9. The molecule has 2 aromatic carbocycles. The number of nitrogens with zero attached hydrogens (tertiary/aromatic N) is 2. The number of hydrogen-bond donors (Lipinski definition) is 1. The van der Waals surface area contributed by atoms with Crippen LogP contribution in [0, 0.1) is 0 Å². The van der Waals surface area contributed by atoms with Crippen molar-refractivity contribution in [1.82, 2.24) is 9.80 Å². The third-order valence-corrected chi connectivity index (χ3v) is 6.62. The van der Waals surface area contributed by atoms with Crippen LogP contribution in [0.3, 0.4) is 0 Å². The molecule has 35 heavy (non-hydrogen) atoms. The third kappa shape index (κ3) is 5.15. The minimum Gasteiger partial charge on any atom is -0.493 e. The topological polar surface area (TPSA) is 136 Å². The molecule has 1 aliphatic rings. The molecule has 1 unspecified atom stereocenters. The van der Waals surface area contributed by atoms with Crippen molar-refractivity contribution < 1.29 is 32.3 Å². The molecule has 1 aliphatic heterocycles. The van der Waals surface area contributed by atoms with E-state index < -0.39 is 45.4 Å². The van der Waals surface area contributed by atoms with E-state index in [1.807, 2.05) is 0 Å². The van der Waals surface area contributed by atoms with E-state index in [9.17, 15) is 22.8 Å². The van der Waals surface area contributed by atoms with E-state index in [2.05, 4.69) is 0 Å². The van der Waals surface area contributed by atoms with Crippen LogP contribution in [0.25, 0.3) is 0 Å². The SMILES string of the molecule is CCOc1cc([C@@H](CS(C)(=O)=O)N2C(=O)c3cccc(C(C(N)=O)N(C)C)c3C2=O)ccc1OC. The Hall–Kier alpha value is -3.44. The molecule has 0 aliphatic carbocycles. The lowest BCUT2D eigenvalue weighted by molar-refractivity contribution is -0.122. The van der Waals surface area contributed by atoms with Gasteiger partial charge in [0.1, 0.15) is 15.9 Å². The molecule has 0 radical (unpaired) electrons. The highest BCUT2D eigenvalue weighted by Gasteiger charge is 2.44. The van der Waals surface area contributed by atoms with Gasteiger partial charge < -0.3 is 15.2 Å². The van der Waals surface area contributed by atoms with Crippen LogP contribution >= 0.6 is 0 Å². The molecule has 3 rings (SSSR count). The molecule has 2 atom stereocenters. The van der Waals surface area contributed by atoms with E-state index >= 15 is 0 Å². The summed E-state index contributed by atoms with van der Waals surface area (Å²) in [6, 6.07) is 7.26. The number of hydrogen-bond acceptors (Lipinski definition) is 8. The number of nitrogens with two attached hydrogens (primary N) is 1. The number of methoxy groups -OCH3 is 1. The summed E-state index contributed by atoms with van der Waals surface area (Å²) in [7, 11) is 1.10. The van der Waals surface area contributed by atoms with E-state index in [0.29, 0.717) is 23.7 Å². The minimum absolute atomic E-state index is 0.0343. The van der Waals surface area contributed by atoms with Crippen LogP contribution in [0.1, 0.15) is 50.9 Å². The number of carbonyl (C=O) groups excluding carboxylic acids is 3. The smallest absolute Gasteiger partial charge is 0.262 e. The van der Waals surface area contributed by atoms with Crippen molar-refractivity contribution in [2.45, 2.75) is 19.0 Å². The molecule has 188 valence electrons. The first-order chi connectivity index (χ1) is 16.4. The molecule has 0 bridgehead atoms. The molecule has 3 amide bonds. The Morgan fingerprint density at radius 3 is 2.34 bits per heavy atom. The second-order valence-electron chi connectivity index (χ2n) is 8.47. The van der Waals surface area contributed by atoms with Crippen LogP contribution in [0.15, 0.2) is 36.4 Å². The molecular weight excluding hydrogens is 474 g/mol. The van der Waals surface area contributed by atoms with Crippen LogP contribution in [-0.4, -0.2) is 75.8 Å². The molecule has 0 spiro atoms. The summed E-state index contributed by atoms with van der Waals surface area (Å²) >= 11 is 0. The number of primary amides is 1. The van der Waals surface area contributed by atoms with Crippen molar-refractivity contribution in [3.8, 4) is 11.5 Å². The summed E-state index contributed by atoms with van der Waals surface area (Å²) in [5, 5.41) is 0. The molecule has 2 aromatic rings. The fourth-order valence-electron chi connectivity index (χ4n) is 4.30. The molecule has 1 heterocycles. The van der Waals surface area contributed by atoms with Gasteiger partial charge in [0.2, 0.25) is 5.91 Å². The highest BCUT2D eigenvalue weighted by molar-refractivity contribution is 7.90. The first kappa shape index (κ1) is 26.2. The maximum Gasteiger partial charge on any atom is 0.262 e. The first-order valence-corrected chi connectivity index (χ1v) is 12.9. The molecule has 10 nitrogen and oxygen atoms in total. The number of carbonyl (C=O) groups is 3. The Morgan fingerprint density at radius 2 is 1.80 bits per heavy atom. The zero-order valence-electron chi connectivity index (χ0n) is 20.3. The van der Waals surface area contributed by atoms with Gasteiger partial charge in [0.05, 0.1) is 36.6 Å². The van der Waals surface area contributed by atoms with Gasteiger partial charge in [-0.25, -0.2) is 8.42 Å². The molecule has 0 aromatic heterocycles. The monoisotopic (exact) mass is 503 g/mol. The van der Waals surface area contributed by atoms with Crippen LogP contribution in [0.4, 0.5) is 0 Å². The van der Waals surface area contributed by atoms with Gasteiger partial charge in [-0.05, 0) is 50.3 Å². The number of imide groups is 1. The minimum atomic E-state index is -3.64. The van der Waals surface area contributed by atoms with Crippen molar-refractivity contribution in [1.29, 1.82) is 0 Å². The van der Waals surface area contributed by atoms with Gasteiger partial charge in [-0.1, -0.05) is 18.2 Å². The lowest BCUT2D eigenvalue weighted by atomic mass is 9.96. The lowest BCUT2D eigenvalue weighted by Crippen LogP contribution is -2.38. The number of benzene rings is 2. The predicted molar refractivity (Wildman–Crippen MR) is 129 cm³/mol. The molecule has 11 heteroatoms. The maximum atomic E-state index is 13.7. The third-order valence-electron chi connectivity index (χ3n) is 5.70. The Kier molecular flexibility index (Phi) is 7.51.